The third-order valence-electron chi connectivity index (χ3n) is 3.83. The maximum Gasteiger partial charge on any atom is 0.249 e. The Morgan fingerprint density at radius 2 is 2.18 bits per heavy atom. The van der Waals surface area contributed by atoms with Gasteiger partial charge in [0.05, 0.1) is 16.6 Å². The molecule has 0 unspecified atom stereocenters. The van der Waals surface area contributed by atoms with Crippen LogP contribution in [0.4, 0.5) is 0 Å². The van der Waals surface area contributed by atoms with Crippen molar-refractivity contribution in [3.05, 3.63) is 40.9 Å². The van der Waals surface area contributed by atoms with Gasteiger partial charge in [-0.2, -0.15) is 0 Å². The number of benzene rings is 1. The highest BCUT2D eigenvalue weighted by atomic mass is 32.1. The number of carbonyl (C=O) groups excluding carboxylic acids is 1. The molecule has 2 heterocycles. The van der Waals surface area contributed by atoms with Crippen molar-refractivity contribution in [2.75, 3.05) is 6.61 Å². The average Bonchev–Trinajstić information content (AvgIpc) is 3.17. The van der Waals surface area contributed by atoms with E-state index in [1.165, 1.54) is 0 Å². The van der Waals surface area contributed by atoms with Crippen molar-refractivity contribution in [2.24, 2.45) is 0 Å². The fraction of sp³-hybridized carbons (Fsp3) is 0.412. The number of amides is 1. The molecule has 1 N–H and O–H groups in total. The SMILES string of the molecule is Cc1nc(-c2ccccc2)sc1[C@@H](C)NC(=O)[C@@H]1CCCO1. The van der Waals surface area contributed by atoms with E-state index in [4.69, 9.17) is 4.74 Å². The van der Waals surface area contributed by atoms with Crippen LogP contribution in [0.25, 0.3) is 10.6 Å². The van der Waals surface area contributed by atoms with E-state index >= 15 is 0 Å². The van der Waals surface area contributed by atoms with Crippen molar-refractivity contribution in [1.82, 2.24) is 10.3 Å². The zero-order valence-electron chi connectivity index (χ0n) is 12.8. The van der Waals surface area contributed by atoms with Gasteiger partial charge >= 0.3 is 0 Å². The third-order valence-corrected chi connectivity index (χ3v) is 5.22. The fourth-order valence-corrected chi connectivity index (χ4v) is 3.74. The Hall–Kier alpha value is -1.72. The van der Waals surface area contributed by atoms with Crippen LogP contribution in [0.1, 0.15) is 36.4 Å². The number of aryl methyl sites for hydroxylation is 1. The van der Waals surface area contributed by atoms with Crippen LogP contribution < -0.4 is 5.32 Å². The molecule has 1 saturated heterocycles. The zero-order valence-corrected chi connectivity index (χ0v) is 13.7. The van der Waals surface area contributed by atoms with Gasteiger partial charge in [0.15, 0.2) is 0 Å². The Balaban J connectivity index is 1.74. The minimum atomic E-state index is -0.288. The monoisotopic (exact) mass is 316 g/mol. The molecule has 0 bridgehead atoms. The summed E-state index contributed by atoms with van der Waals surface area (Å²) in [6.45, 7) is 4.68. The Kier molecular flexibility index (Phi) is 4.55. The van der Waals surface area contributed by atoms with Crippen LogP contribution in [0.3, 0.4) is 0 Å². The number of aromatic nitrogens is 1. The predicted octanol–water partition coefficient (Wildman–Crippen LogP) is 3.47. The molecular weight excluding hydrogens is 296 g/mol. The van der Waals surface area contributed by atoms with E-state index in [9.17, 15) is 4.79 Å². The molecule has 1 aromatic heterocycles. The number of nitrogens with one attached hydrogen (secondary N) is 1. The molecule has 0 radical (unpaired) electrons. The smallest absolute Gasteiger partial charge is 0.249 e. The van der Waals surface area contributed by atoms with E-state index in [2.05, 4.69) is 22.4 Å². The Morgan fingerprint density at radius 1 is 1.41 bits per heavy atom. The van der Waals surface area contributed by atoms with Gasteiger partial charge < -0.3 is 10.1 Å². The number of carbonyl (C=O) groups is 1. The summed E-state index contributed by atoms with van der Waals surface area (Å²) in [7, 11) is 0. The minimum absolute atomic E-state index is 0.0148. The van der Waals surface area contributed by atoms with Crippen LogP contribution in [0.15, 0.2) is 30.3 Å². The van der Waals surface area contributed by atoms with Crippen LogP contribution in [-0.4, -0.2) is 23.6 Å². The molecule has 0 saturated carbocycles. The van der Waals surface area contributed by atoms with Gasteiger partial charge in [-0.3, -0.25) is 4.79 Å². The molecule has 1 amide bonds. The highest BCUT2D eigenvalue weighted by molar-refractivity contribution is 7.15. The topological polar surface area (TPSA) is 51.2 Å². The lowest BCUT2D eigenvalue weighted by Crippen LogP contribution is -2.35. The lowest BCUT2D eigenvalue weighted by Gasteiger charge is -2.16. The van der Waals surface area contributed by atoms with Crippen LogP contribution in [0, 0.1) is 6.92 Å². The first kappa shape index (κ1) is 15.2. The van der Waals surface area contributed by atoms with Gasteiger partial charge in [-0.1, -0.05) is 30.3 Å². The molecule has 1 aliphatic heterocycles. The molecule has 4 nitrogen and oxygen atoms in total. The van der Waals surface area contributed by atoms with Crippen molar-refractivity contribution >= 4 is 17.2 Å². The molecule has 22 heavy (non-hydrogen) atoms. The lowest BCUT2D eigenvalue weighted by molar-refractivity contribution is -0.130. The van der Waals surface area contributed by atoms with E-state index in [-0.39, 0.29) is 18.1 Å². The van der Waals surface area contributed by atoms with Gasteiger partial charge in [0.25, 0.3) is 0 Å². The summed E-state index contributed by atoms with van der Waals surface area (Å²) in [5.74, 6) is -0.0148. The maximum atomic E-state index is 12.2. The summed E-state index contributed by atoms with van der Waals surface area (Å²) >= 11 is 1.64. The van der Waals surface area contributed by atoms with Gasteiger partial charge in [-0.25, -0.2) is 4.98 Å². The Morgan fingerprint density at radius 3 is 2.86 bits per heavy atom. The normalized spacial score (nSPS) is 19.1. The van der Waals surface area contributed by atoms with E-state index in [1.807, 2.05) is 32.0 Å². The third kappa shape index (κ3) is 3.20. The summed E-state index contributed by atoms with van der Waals surface area (Å²) < 4.78 is 5.43. The van der Waals surface area contributed by atoms with Crippen molar-refractivity contribution in [3.63, 3.8) is 0 Å². The summed E-state index contributed by atoms with van der Waals surface area (Å²) in [5, 5.41) is 4.04. The highest BCUT2D eigenvalue weighted by Gasteiger charge is 2.26. The van der Waals surface area contributed by atoms with Crippen LogP contribution >= 0.6 is 11.3 Å². The number of rotatable bonds is 4. The molecule has 1 fully saturated rings. The van der Waals surface area contributed by atoms with Crippen LogP contribution in [0.5, 0.6) is 0 Å². The van der Waals surface area contributed by atoms with E-state index < -0.39 is 0 Å². The second-order valence-electron chi connectivity index (χ2n) is 5.57. The first-order valence-corrected chi connectivity index (χ1v) is 8.41. The second-order valence-corrected chi connectivity index (χ2v) is 6.60. The molecule has 3 rings (SSSR count). The van der Waals surface area contributed by atoms with Crippen molar-refractivity contribution < 1.29 is 9.53 Å². The number of nitrogens with zero attached hydrogens (tertiary/aromatic N) is 1. The summed E-state index contributed by atoms with van der Waals surface area (Å²) in [6, 6.07) is 10.1. The van der Waals surface area contributed by atoms with E-state index in [1.54, 1.807) is 11.3 Å². The van der Waals surface area contributed by atoms with Gasteiger partial charge in [0, 0.05) is 12.2 Å². The molecule has 1 aromatic carbocycles. The molecular formula is C17H20N2O2S. The standard InChI is InChI=1S/C17H20N2O2S/c1-11(18-16(20)14-9-6-10-21-14)15-12(2)19-17(22-15)13-7-4-3-5-8-13/h3-5,7-8,11,14H,6,9-10H2,1-2H3,(H,18,20)/t11-,14+/m1/s1. The Labute approximate surface area is 134 Å². The molecule has 5 heteroatoms. The van der Waals surface area contributed by atoms with Gasteiger partial charge in [-0.15, -0.1) is 11.3 Å². The quantitative estimate of drug-likeness (QED) is 0.939. The molecule has 116 valence electrons. The molecule has 2 atom stereocenters. The zero-order chi connectivity index (χ0) is 15.5. The fourth-order valence-electron chi connectivity index (χ4n) is 2.67. The van der Waals surface area contributed by atoms with Crippen molar-refractivity contribution in [2.45, 2.75) is 38.8 Å². The second kappa shape index (κ2) is 6.58. The van der Waals surface area contributed by atoms with Gasteiger partial charge in [0.1, 0.15) is 11.1 Å². The van der Waals surface area contributed by atoms with Crippen molar-refractivity contribution in [3.8, 4) is 10.6 Å². The van der Waals surface area contributed by atoms with Crippen molar-refractivity contribution in [1.29, 1.82) is 0 Å². The lowest BCUT2D eigenvalue weighted by atomic mass is 10.2. The number of ether oxygens (including phenoxy) is 1. The number of thiazole rings is 1. The summed E-state index contributed by atoms with van der Waals surface area (Å²) in [4.78, 5) is 17.9. The summed E-state index contributed by atoms with van der Waals surface area (Å²) in [5.41, 5.74) is 2.09. The Bertz CT molecular complexity index is 648. The number of hydrogen-bond acceptors (Lipinski definition) is 4. The first-order valence-electron chi connectivity index (χ1n) is 7.60. The largest absolute Gasteiger partial charge is 0.368 e. The first-order chi connectivity index (χ1) is 10.6. The van der Waals surface area contributed by atoms with E-state index in [0.29, 0.717) is 6.61 Å². The highest BCUT2D eigenvalue weighted by Crippen LogP contribution is 2.31. The summed E-state index contributed by atoms with van der Waals surface area (Å²) in [6.07, 6.45) is 1.49. The maximum absolute atomic E-state index is 12.2. The van der Waals surface area contributed by atoms with E-state index in [0.717, 1.165) is 34.0 Å². The van der Waals surface area contributed by atoms with Gasteiger partial charge in [-0.05, 0) is 26.7 Å². The van der Waals surface area contributed by atoms with Gasteiger partial charge in [0.2, 0.25) is 5.91 Å². The van der Waals surface area contributed by atoms with Crippen LogP contribution in [0.2, 0.25) is 0 Å². The molecule has 0 spiro atoms. The number of hydrogen-bond donors (Lipinski definition) is 1. The van der Waals surface area contributed by atoms with Crippen LogP contribution in [-0.2, 0) is 9.53 Å². The molecule has 1 aliphatic rings. The molecule has 0 aliphatic carbocycles. The minimum Gasteiger partial charge on any atom is -0.368 e. The predicted molar refractivity (Wildman–Crippen MR) is 87.8 cm³/mol. The molecule has 2 aromatic rings. The average molecular weight is 316 g/mol.